The first-order chi connectivity index (χ1) is 10.8. The van der Waals surface area contributed by atoms with Crippen LogP contribution in [-0.4, -0.2) is 34.3 Å². The van der Waals surface area contributed by atoms with E-state index in [-0.39, 0.29) is 18.7 Å². The second kappa shape index (κ2) is 5.36. The zero-order valence-electron chi connectivity index (χ0n) is 12.1. The van der Waals surface area contributed by atoms with Crippen LogP contribution in [0.2, 0.25) is 0 Å². The number of benzene rings is 1. The maximum Gasteiger partial charge on any atom is 0.254 e. The van der Waals surface area contributed by atoms with E-state index in [0.29, 0.717) is 17.1 Å². The first kappa shape index (κ1) is 13.2. The summed E-state index contributed by atoms with van der Waals surface area (Å²) in [6.07, 6.45) is 4.83. The molecule has 1 atom stereocenters. The van der Waals surface area contributed by atoms with Gasteiger partial charge in [0.25, 0.3) is 5.91 Å². The lowest BCUT2D eigenvalue weighted by atomic mass is 9.98. The van der Waals surface area contributed by atoms with E-state index in [9.17, 15) is 4.79 Å². The average molecular weight is 299 g/mol. The summed E-state index contributed by atoms with van der Waals surface area (Å²) in [5, 5.41) is 7.01. The molecule has 0 unspecified atom stereocenters. The molecular formula is C16H17N3O3. The molecule has 22 heavy (non-hydrogen) atoms. The van der Waals surface area contributed by atoms with Crippen molar-refractivity contribution in [1.29, 1.82) is 0 Å². The summed E-state index contributed by atoms with van der Waals surface area (Å²) < 4.78 is 10.7. The Morgan fingerprint density at radius 1 is 1.23 bits per heavy atom. The molecule has 0 spiro atoms. The van der Waals surface area contributed by atoms with Crippen molar-refractivity contribution in [3.8, 4) is 11.5 Å². The van der Waals surface area contributed by atoms with Gasteiger partial charge in [-0.2, -0.15) is 5.10 Å². The number of nitrogens with zero attached hydrogens (tertiary/aromatic N) is 2. The number of aromatic amines is 1. The van der Waals surface area contributed by atoms with Gasteiger partial charge in [-0.05, 0) is 43.5 Å². The molecule has 1 aromatic heterocycles. The highest BCUT2D eigenvalue weighted by Crippen LogP contribution is 2.35. The predicted molar refractivity (Wildman–Crippen MR) is 78.8 cm³/mol. The fraction of sp³-hybridized carbons (Fsp3) is 0.375. The number of fused-ring (bicyclic) bond motifs is 1. The van der Waals surface area contributed by atoms with Crippen molar-refractivity contribution in [2.75, 3.05) is 13.3 Å². The smallest absolute Gasteiger partial charge is 0.254 e. The van der Waals surface area contributed by atoms with Gasteiger partial charge in [-0.3, -0.25) is 9.89 Å². The molecule has 4 rings (SSSR count). The highest BCUT2D eigenvalue weighted by Gasteiger charge is 2.30. The van der Waals surface area contributed by atoms with E-state index in [2.05, 4.69) is 10.2 Å². The number of ether oxygens (including phenoxy) is 2. The SMILES string of the molecule is O=C(c1ccc2c(c1)OCO2)N1CCCC[C@@H]1c1ccn[nH]1. The zero-order chi connectivity index (χ0) is 14.9. The van der Waals surface area contributed by atoms with Gasteiger partial charge >= 0.3 is 0 Å². The van der Waals surface area contributed by atoms with Crippen molar-refractivity contribution >= 4 is 5.91 Å². The molecule has 0 bridgehead atoms. The summed E-state index contributed by atoms with van der Waals surface area (Å²) in [5.41, 5.74) is 1.63. The Kier molecular flexibility index (Phi) is 3.21. The molecular weight excluding hydrogens is 282 g/mol. The molecule has 3 heterocycles. The Bertz CT molecular complexity index is 684. The Balaban J connectivity index is 1.62. The van der Waals surface area contributed by atoms with Crippen molar-refractivity contribution in [2.45, 2.75) is 25.3 Å². The van der Waals surface area contributed by atoms with Crippen LogP contribution in [0.4, 0.5) is 0 Å². The van der Waals surface area contributed by atoms with Crippen molar-refractivity contribution in [3.05, 3.63) is 41.7 Å². The van der Waals surface area contributed by atoms with E-state index in [1.54, 1.807) is 24.4 Å². The van der Waals surface area contributed by atoms with Gasteiger partial charge in [0, 0.05) is 18.3 Å². The van der Waals surface area contributed by atoms with E-state index >= 15 is 0 Å². The molecule has 2 aromatic rings. The normalized spacial score (nSPS) is 20.2. The van der Waals surface area contributed by atoms with Crippen LogP contribution in [0.5, 0.6) is 11.5 Å². The zero-order valence-corrected chi connectivity index (χ0v) is 12.1. The van der Waals surface area contributed by atoms with E-state index in [1.165, 1.54) is 0 Å². The van der Waals surface area contributed by atoms with Crippen LogP contribution < -0.4 is 9.47 Å². The molecule has 2 aliphatic heterocycles. The summed E-state index contributed by atoms with van der Waals surface area (Å²) in [6.45, 7) is 0.977. The van der Waals surface area contributed by atoms with Gasteiger partial charge in [-0.15, -0.1) is 0 Å². The number of carbonyl (C=O) groups is 1. The number of hydrogen-bond acceptors (Lipinski definition) is 4. The van der Waals surface area contributed by atoms with Gasteiger partial charge in [-0.25, -0.2) is 0 Å². The van der Waals surface area contributed by atoms with E-state index in [0.717, 1.165) is 31.5 Å². The number of nitrogens with one attached hydrogen (secondary N) is 1. The lowest BCUT2D eigenvalue weighted by Gasteiger charge is -2.35. The third kappa shape index (κ3) is 2.20. The molecule has 1 N–H and O–H groups in total. The van der Waals surface area contributed by atoms with Gasteiger partial charge in [0.1, 0.15) is 0 Å². The minimum Gasteiger partial charge on any atom is -0.454 e. The molecule has 1 fully saturated rings. The fourth-order valence-electron chi connectivity index (χ4n) is 3.15. The van der Waals surface area contributed by atoms with E-state index in [1.807, 2.05) is 11.0 Å². The van der Waals surface area contributed by atoms with Crippen molar-refractivity contribution in [2.24, 2.45) is 0 Å². The summed E-state index contributed by atoms with van der Waals surface area (Å²) in [6, 6.07) is 7.37. The number of likely N-dealkylation sites (tertiary alicyclic amines) is 1. The van der Waals surface area contributed by atoms with Gasteiger partial charge < -0.3 is 14.4 Å². The van der Waals surface area contributed by atoms with Crippen molar-refractivity contribution in [1.82, 2.24) is 15.1 Å². The fourth-order valence-corrected chi connectivity index (χ4v) is 3.15. The maximum atomic E-state index is 12.9. The van der Waals surface area contributed by atoms with Crippen LogP contribution in [0.15, 0.2) is 30.5 Å². The average Bonchev–Trinajstić information content (AvgIpc) is 3.24. The second-order valence-electron chi connectivity index (χ2n) is 5.59. The third-order valence-corrected chi connectivity index (χ3v) is 4.26. The predicted octanol–water partition coefficient (Wildman–Crippen LogP) is 2.51. The summed E-state index contributed by atoms with van der Waals surface area (Å²) in [5.74, 6) is 1.36. The molecule has 6 nitrogen and oxygen atoms in total. The summed E-state index contributed by atoms with van der Waals surface area (Å²) in [7, 11) is 0. The first-order valence-electron chi connectivity index (χ1n) is 7.53. The highest BCUT2D eigenvalue weighted by atomic mass is 16.7. The number of piperidine rings is 1. The molecule has 2 aliphatic rings. The lowest BCUT2D eigenvalue weighted by molar-refractivity contribution is 0.0605. The molecule has 0 aliphatic carbocycles. The molecule has 1 aromatic carbocycles. The van der Waals surface area contributed by atoms with Crippen LogP contribution in [0, 0.1) is 0 Å². The number of carbonyl (C=O) groups excluding carboxylic acids is 1. The second-order valence-corrected chi connectivity index (χ2v) is 5.59. The molecule has 6 heteroatoms. The van der Waals surface area contributed by atoms with Crippen LogP contribution in [-0.2, 0) is 0 Å². The van der Waals surface area contributed by atoms with Crippen molar-refractivity contribution in [3.63, 3.8) is 0 Å². The van der Waals surface area contributed by atoms with Gasteiger partial charge in [-0.1, -0.05) is 0 Å². The largest absolute Gasteiger partial charge is 0.454 e. The van der Waals surface area contributed by atoms with Gasteiger partial charge in [0.2, 0.25) is 6.79 Å². The van der Waals surface area contributed by atoms with E-state index in [4.69, 9.17) is 9.47 Å². The van der Waals surface area contributed by atoms with Crippen LogP contribution in [0.25, 0.3) is 0 Å². The Hall–Kier alpha value is -2.50. The Morgan fingerprint density at radius 2 is 2.14 bits per heavy atom. The number of amides is 1. The molecule has 114 valence electrons. The maximum absolute atomic E-state index is 12.9. The first-order valence-corrected chi connectivity index (χ1v) is 7.53. The third-order valence-electron chi connectivity index (χ3n) is 4.26. The number of hydrogen-bond donors (Lipinski definition) is 1. The Labute approximate surface area is 128 Å². The van der Waals surface area contributed by atoms with Gasteiger partial charge in [0.15, 0.2) is 11.5 Å². The summed E-state index contributed by atoms with van der Waals surface area (Å²) in [4.78, 5) is 14.8. The molecule has 1 saturated heterocycles. The van der Waals surface area contributed by atoms with E-state index < -0.39 is 0 Å². The monoisotopic (exact) mass is 299 g/mol. The standard InChI is InChI=1S/C16H17N3O3/c20-16(11-4-5-14-15(9-11)22-10-21-14)19-8-2-1-3-13(19)12-6-7-17-18-12/h4-7,9,13H,1-3,8,10H2,(H,17,18)/t13-/m1/s1. The minimum absolute atomic E-state index is 0.0256. The highest BCUT2D eigenvalue weighted by molar-refractivity contribution is 5.95. The molecule has 1 amide bonds. The lowest BCUT2D eigenvalue weighted by Crippen LogP contribution is -2.38. The van der Waals surface area contributed by atoms with Crippen LogP contribution in [0.3, 0.4) is 0 Å². The van der Waals surface area contributed by atoms with Crippen molar-refractivity contribution < 1.29 is 14.3 Å². The minimum atomic E-state index is 0.0256. The van der Waals surface area contributed by atoms with Gasteiger partial charge in [0.05, 0.1) is 11.7 Å². The topological polar surface area (TPSA) is 67.5 Å². The molecule has 0 radical (unpaired) electrons. The van der Waals surface area contributed by atoms with Crippen LogP contribution in [0.1, 0.15) is 41.4 Å². The number of aromatic nitrogens is 2. The number of rotatable bonds is 2. The Morgan fingerprint density at radius 3 is 3.00 bits per heavy atom. The number of H-pyrrole nitrogens is 1. The van der Waals surface area contributed by atoms with Crippen LogP contribution >= 0.6 is 0 Å². The molecule has 0 saturated carbocycles. The quantitative estimate of drug-likeness (QED) is 0.925. The summed E-state index contributed by atoms with van der Waals surface area (Å²) >= 11 is 0.